The van der Waals surface area contributed by atoms with E-state index in [-0.39, 0.29) is 35.3 Å². The Kier molecular flexibility index (Phi) is 6.67. The van der Waals surface area contributed by atoms with Gasteiger partial charge in [0, 0.05) is 32.6 Å². The molecule has 2 aliphatic rings. The molecule has 0 aromatic heterocycles. The molecule has 1 amide bonds. The lowest BCUT2D eigenvalue weighted by atomic mass is 9.89. The minimum atomic E-state index is -4.88. The van der Waals surface area contributed by atoms with Crippen LogP contribution in [0.2, 0.25) is 0 Å². The highest BCUT2D eigenvalue weighted by Crippen LogP contribution is 2.36. The number of ether oxygens (including phenoxy) is 2. The van der Waals surface area contributed by atoms with Gasteiger partial charge in [-0.3, -0.25) is 4.79 Å². The molecule has 2 heterocycles. The molecule has 188 valence electrons. The summed E-state index contributed by atoms with van der Waals surface area (Å²) in [5.41, 5.74) is 1.48. The van der Waals surface area contributed by atoms with Gasteiger partial charge in [0.1, 0.15) is 11.6 Å². The number of amides is 1. The molecule has 6 nitrogen and oxygen atoms in total. The topological polar surface area (TPSA) is 72.9 Å². The molecule has 0 radical (unpaired) electrons. The van der Waals surface area contributed by atoms with Crippen LogP contribution in [-0.4, -0.2) is 44.9 Å². The third-order valence-electron chi connectivity index (χ3n) is 6.15. The van der Waals surface area contributed by atoms with E-state index in [4.69, 9.17) is 9.47 Å². The SMILES string of the molecule is C=C(Oc1ccc(S(C)(=O)=O)cc1C(=O)N1Cc2cc(F)c(C3CCOCC3)cc2C1)C(F)(F)F. The molecule has 4 rings (SSSR count). The van der Waals surface area contributed by atoms with Crippen LogP contribution in [-0.2, 0) is 27.7 Å². The van der Waals surface area contributed by atoms with E-state index < -0.39 is 33.4 Å². The summed E-state index contributed by atoms with van der Waals surface area (Å²) in [7, 11) is -3.76. The summed E-state index contributed by atoms with van der Waals surface area (Å²) < 4.78 is 88.0. The lowest BCUT2D eigenvalue weighted by Crippen LogP contribution is -2.26. The third-order valence-corrected chi connectivity index (χ3v) is 7.26. The Labute approximate surface area is 200 Å². The number of nitrogens with zero attached hydrogens (tertiary/aromatic N) is 1. The van der Waals surface area contributed by atoms with Crippen molar-refractivity contribution < 1.29 is 40.2 Å². The Bertz CT molecular complexity index is 1280. The number of halogens is 4. The molecule has 2 aliphatic heterocycles. The summed E-state index contributed by atoms with van der Waals surface area (Å²) in [6.07, 6.45) is -2.60. The molecule has 0 saturated carbocycles. The van der Waals surface area contributed by atoms with Gasteiger partial charge in [0.2, 0.25) is 5.76 Å². The fourth-order valence-corrected chi connectivity index (χ4v) is 4.91. The molecule has 0 aliphatic carbocycles. The molecular weight excluding hydrogens is 490 g/mol. The first-order chi connectivity index (χ1) is 16.3. The molecule has 0 unspecified atom stereocenters. The summed E-state index contributed by atoms with van der Waals surface area (Å²) in [6, 6.07) is 6.13. The lowest BCUT2D eigenvalue weighted by molar-refractivity contribution is -0.115. The van der Waals surface area contributed by atoms with Crippen molar-refractivity contribution in [1.82, 2.24) is 4.90 Å². The van der Waals surface area contributed by atoms with E-state index in [1.54, 1.807) is 6.07 Å². The predicted octanol–water partition coefficient (Wildman–Crippen LogP) is 4.73. The Morgan fingerprint density at radius 1 is 1.11 bits per heavy atom. The van der Waals surface area contributed by atoms with Crippen LogP contribution in [0, 0.1) is 5.82 Å². The molecule has 35 heavy (non-hydrogen) atoms. The van der Waals surface area contributed by atoms with E-state index >= 15 is 0 Å². The van der Waals surface area contributed by atoms with Crippen molar-refractivity contribution in [3.05, 3.63) is 70.7 Å². The van der Waals surface area contributed by atoms with E-state index in [1.807, 2.05) is 0 Å². The Hall–Kier alpha value is -2.92. The van der Waals surface area contributed by atoms with Gasteiger partial charge in [-0.2, -0.15) is 13.2 Å². The molecule has 1 saturated heterocycles. The third kappa shape index (κ3) is 5.35. The number of fused-ring (bicyclic) bond motifs is 1. The monoisotopic (exact) mass is 513 g/mol. The number of sulfone groups is 1. The maximum atomic E-state index is 14.8. The summed E-state index contributed by atoms with van der Waals surface area (Å²) in [6.45, 7) is 4.02. The molecule has 11 heteroatoms. The number of carbonyl (C=O) groups excluding carboxylic acids is 1. The van der Waals surface area contributed by atoms with E-state index in [0.29, 0.717) is 37.2 Å². The first-order valence-corrected chi connectivity index (χ1v) is 12.7. The smallest absolute Gasteiger partial charge is 0.448 e. The van der Waals surface area contributed by atoms with E-state index in [1.165, 1.54) is 11.0 Å². The van der Waals surface area contributed by atoms with Gasteiger partial charge in [0.05, 0.1) is 10.5 Å². The van der Waals surface area contributed by atoms with Gasteiger partial charge >= 0.3 is 6.18 Å². The van der Waals surface area contributed by atoms with Crippen LogP contribution in [0.3, 0.4) is 0 Å². The second-order valence-corrected chi connectivity index (χ2v) is 10.7. The summed E-state index contributed by atoms with van der Waals surface area (Å²) in [5.74, 6) is -3.15. The largest absolute Gasteiger partial charge is 0.452 e. The van der Waals surface area contributed by atoms with Gasteiger partial charge in [-0.05, 0) is 59.7 Å². The molecule has 2 aromatic carbocycles. The number of rotatable bonds is 5. The second-order valence-electron chi connectivity index (χ2n) is 8.64. The van der Waals surface area contributed by atoms with Gasteiger partial charge in [-0.1, -0.05) is 12.6 Å². The highest BCUT2D eigenvalue weighted by molar-refractivity contribution is 7.90. The number of benzene rings is 2. The first kappa shape index (κ1) is 25.2. The number of hydrogen-bond acceptors (Lipinski definition) is 5. The van der Waals surface area contributed by atoms with Crippen LogP contribution < -0.4 is 4.74 Å². The van der Waals surface area contributed by atoms with Crippen molar-refractivity contribution in [1.29, 1.82) is 0 Å². The zero-order chi connectivity index (χ0) is 25.5. The molecule has 1 fully saturated rings. The highest BCUT2D eigenvalue weighted by Gasteiger charge is 2.36. The van der Waals surface area contributed by atoms with Crippen molar-refractivity contribution >= 4 is 15.7 Å². The summed E-state index contributed by atoms with van der Waals surface area (Å²) >= 11 is 0. The molecule has 0 bridgehead atoms. The fraction of sp³-hybridized carbons (Fsp3) is 0.375. The second kappa shape index (κ2) is 9.27. The van der Waals surface area contributed by atoms with E-state index in [9.17, 15) is 30.8 Å². The quantitative estimate of drug-likeness (QED) is 0.427. The van der Waals surface area contributed by atoms with E-state index in [0.717, 1.165) is 30.0 Å². The van der Waals surface area contributed by atoms with Crippen LogP contribution >= 0.6 is 0 Å². The van der Waals surface area contributed by atoms with Crippen molar-refractivity contribution in [2.45, 2.75) is 42.9 Å². The number of alkyl halides is 3. The number of allylic oxidation sites excluding steroid dienone is 1. The molecular formula is C24H23F4NO5S. The molecule has 2 aromatic rings. The fourth-order valence-electron chi connectivity index (χ4n) is 4.26. The lowest BCUT2D eigenvalue weighted by Gasteiger charge is -2.23. The summed E-state index contributed by atoms with van der Waals surface area (Å²) in [5, 5.41) is 0. The standard InChI is InChI=1S/C24H23F4NO5S/c1-14(24(26,27)28)34-22-4-3-18(35(2,31)32)11-20(22)23(30)29-12-16-9-19(15-5-7-33-8-6-15)21(25)10-17(16)13-29/h3-4,9-11,15H,1,5-8,12-13H2,2H3. The van der Waals surface area contributed by atoms with Gasteiger partial charge < -0.3 is 14.4 Å². The number of carbonyl (C=O) groups is 1. The normalized spacial score (nSPS) is 16.8. The van der Waals surface area contributed by atoms with Crippen LogP contribution in [0.1, 0.15) is 45.8 Å². The maximum Gasteiger partial charge on any atom is 0.448 e. The van der Waals surface area contributed by atoms with Gasteiger partial charge in [-0.15, -0.1) is 0 Å². The van der Waals surface area contributed by atoms with E-state index in [2.05, 4.69) is 6.58 Å². The van der Waals surface area contributed by atoms with Gasteiger partial charge in [0.15, 0.2) is 9.84 Å². The zero-order valence-electron chi connectivity index (χ0n) is 18.8. The van der Waals surface area contributed by atoms with Crippen LogP contribution in [0.5, 0.6) is 5.75 Å². The van der Waals surface area contributed by atoms with Crippen molar-refractivity contribution in [3.8, 4) is 5.75 Å². The Morgan fingerprint density at radius 3 is 2.34 bits per heavy atom. The van der Waals surface area contributed by atoms with Crippen molar-refractivity contribution in [2.75, 3.05) is 19.5 Å². The van der Waals surface area contributed by atoms with Gasteiger partial charge in [0.25, 0.3) is 5.91 Å². The minimum Gasteiger partial charge on any atom is -0.452 e. The van der Waals surface area contributed by atoms with Crippen LogP contribution in [0.4, 0.5) is 17.6 Å². The minimum absolute atomic E-state index is 0.00127. The zero-order valence-corrected chi connectivity index (χ0v) is 19.6. The van der Waals surface area contributed by atoms with Crippen molar-refractivity contribution in [2.24, 2.45) is 0 Å². The first-order valence-electron chi connectivity index (χ1n) is 10.8. The van der Waals surface area contributed by atoms with Crippen LogP contribution in [0.25, 0.3) is 0 Å². The maximum absolute atomic E-state index is 14.8. The predicted molar refractivity (Wildman–Crippen MR) is 118 cm³/mol. The summed E-state index contributed by atoms with van der Waals surface area (Å²) in [4.78, 5) is 14.4. The average molecular weight is 514 g/mol. The van der Waals surface area contributed by atoms with Crippen molar-refractivity contribution in [3.63, 3.8) is 0 Å². The van der Waals surface area contributed by atoms with Gasteiger partial charge in [-0.25, -0.2) is 12.8 Å². The molecule has 0 N–H and O–H groups in total. The number of hydrogen-bond donors (Lipinski definition) is 0. The average Bonchev–Trinajstić information content (AvgIpc) is 3.20. The highest BCUT2D eigenvalue weighted by atomic mass is 32.2. The molecule has 0 atom stereocenters. The van der Waals surface area contributed by atoms with Crippen LogP contribution in [0.15, 0.2) is 47.6 Å². The molecule has 0 spiro atoms. The Morgan fingerprint density at radius 2 is 1.74 bits per heavy atom. The Balaban J connectivity index is 1.65.